The van der Waals surface area contributed by atoms with E-state index < -0.39 is 0 Å². The van der Waals surface area contributed by atoms with Crippen LogP contribution in [0.2, 0.25) is 0 Å². The Bertz CT molecular complexity index is 348. The largest absolute Gasteiger partial charge is 0.0946 e. The normalized spacial score (nSPS) is 23.5. The zero-order chi connectivity index (χ0) is 10.7. The van der Waals surface area contributed by atoms with E-state index in [4.69, 9.17) is 0 Å². The van der Waals surface area contributed by atoms with Gasteiger partial charge in [-0.2, -0.15) is 0 Å². The topological polar surface area (TPSA) is 0 Å². The van der Waals surface area contributed by atoms with E-state index in [1.165, 1.54) is 11.1 Å². The summed E-state index contributed by atoms with van der Waals surface area (Å²) >= 11 is 0. The molecule has 0 aromatic carbocycles. The molecule has 0 aromatic heterocycles. The maximum atomic E-state index is 4.06. The molecular formula is C14H18. The molecule has 0 amide bonds. The molecule has 1 rings (SSSR count). The molecule has 74 valence electrons. The number of hydrogen-bond acceptors (Lipinski definition) is 0. The Hall–Kier alpha value is -1.30. The Morgan fingerprint density at radius 3 is 2.29 bits per heavy atom. The van der Waals surface area contributed by atoms with Gasteiger partial charge in [-0.1, -0.05) is 50.0 Å². The molecule has 0 aromatic rings. The third-order valence-corrected chi connectivity index (χ3v) is 2.88. The van der Waals surface area contributed by atoms with Crippen LogP contribution in [0.15, 0.2) is 59.8 Å². The lowest BCUT2D eigenvalue weighted by Crippen LogP contribution is -1.91. The van der Waals surface area contributed by atoms with Crippen molar-refractivity contribution in [3.05, 3.63) is 59.8 Å². The maximum Gasteiger partial charge on any atom is 0.00263 e. The number of hydrogen-bond donors (Lipinski definition) is 0. The van der Waals surface area contributed by atoms with E-state index >= 15 is 0 Å². The summed E-state index contributed by atoms with van der Waals surface area (Å²) < 4.78 is 0. The third kappa shape index (κ3) is 1.79. The predicted octanol–water partition coefficient (Wildman–Crippen LogP) is 4.20. The standard InChI is InChI=1S/C14H18/c1-6-7-8-9-14-12(4)10(2)11(3)13(14)5/h6-9,11H,2,4H2,1,3,5H3/b7-6-,9-8-. The summed E-state index contributed by atoms with van der Waals surface area (Å²) in [7, 11) is 0. The molecule has 0 bridgehead atoms. The molecule has 0 fully saturated rings. The van der Waals surface area contributed by atoms with Crippen molar-refractivity contribution in [2.45, 2.75) is 20.8 Å². The third-order valence-electron chi connectivity index (χ3n) is 2.88. The average molecular weight is 186 g/mol. The van der Waals surface area contributed by atoms with Crippen LogP contribution >= 0.6 is 0 Å². The average Bonchev–Trinajstić information content (AvgIpc) is 2.35. The van der Waals surface area contributed by atoms with E-state index in [0.717, 1.165) is 11.1 Å². The Labute approximate surface area is 87.0 Å². The summed E-state index contributed by atoms with van der Waals surface area (Å²) in [5.41, 5.74) is 4.87. The number of rotatable bonds is 2. The summed E-state index contributed by atoms with van der Waals surface area (Å²) in [6.45, 7) is 14.5. The fraction of sp³-hybridized carbons (Fsp3) is 0.286. The molecule has 0 spiro atoms. The van der Waals surface area contributed by atoms with E-state index in [0.29, 0.717) is 5.92 Å². The molecule has 1 unspecified atom stereocenters. The van der Waals surface area contributed by atoms with E-state index in [-0.39, 0.29) is 0 Å². The lowest BCUT2D eigenvalue weighted by Gasteiger charge is -2.03. The highest BCUT2D eigenvalue weighted by Gasteiger charge is 2.23. The first-order valence-corrected chi connectivity index (χ1v) is 4.98. The molecule has 0 heteroatoms. The Morgan fingerprint density at radius 2 is 1.86 bits per heavy atom. The van der Waals surface area contributed by atoms with Gasteiger partial charge in [-0.25, -0.2) is 0 Å². The molecule has 1 atom stereocenters. The smallest absolute Gasteiger partial charge is 0.00263 e. The SMILES string of the molecule is C=C1C(=C)C(C)C(C)=C1/C=C\C=C/C. The van der Waals surface area contributed by atoms with Crippen molar-refractivity contribution in [2.75, 3.05) is 0 Å². The second kappa shape index (κ2) is 4.28. The van der Waals surface area contributed by atoms with Crippen LogP contribution in [0.3, 0.4) is 0 Å². The fourth-order valence-electron chi connectivity index (χ4n) is 1.66. The maximum absolute atomic E-state index is 4.06. The molecule has 0 saturated heterocycles. The molecule has 0 radical (unpaired) electrons. The van der Waals surface area contributed by atoms with E-state index in [1.54, 1.807) is 0 Å². The lowest BCUT2D eigenvalue weighted by atomic mass is 10.0. The highest BCUT2D eigenvalue weighted by atomic mass is 14.3. The Morgan fingerprint density at radius 1 is 1.21 bits per heavy atom. The van der Waals surface area contributed by atoms with Crippen LogP contribution < -0.4 is 0 Å². The minimum Gasteiger partial charge on any atom is -0.0946 e. The zero-order valence-corrected chi connectivity index (χ0v) is 9.30. The van der Waals surface area contributed by atoms with Gasteiger partial charge in [0.25, 0.3) is 0 Å². The second-order valence-electron chi connectivity index (χ2n) is 3.71. The van der Waals surface area contributed by atoms with Crippen LogP contribution in [-0.2, 0) is 0 Å². The van der Waals surface area contributed by atoms with Gasteiger partial charge in [0, 0.05) is 5.92 Å². The summed E-state index contributed by atoms with van der Waals surface area (Å²) in [6.07, 6.45) is 8.21. The molecule has 0 aliphatic heterocycles. The predicted molar refractivity (Wildman–Crippen MR) is 64.1 cm³/mol. The molecule has 0 saturated carbocycles. The van der Waals surface area contributed by atoms with E-state index in [9.17, 15) is 0 Å². The summed E-state index contributed by atoms with van der Waals surface area (Å²) in [6, 6.07) is 0. The van der Waals surface area contributed by atoms with Crippen molar-refractivity contribution >= 4 is 0 Å². The van der Waals surface area contributed by atoms with E-state index in [2.05, 4.69) is 39.2 Å². The van der Waals surface area contributed by atoms with Gasteiger partial charge in [0.2, 0.25) is 0 Å². The van der Waals surface area contributed by atoms with Crippen molar-refractivity contribution in [1.29, 1.82) is 0 Å². The van der Waals surface area contributed by atoms with Gasteiger partial charge in [-0.3, -0.25) is 0 Å². The first-order valence-electron chi connectivity index (χ1n) is 4.98. The Kier molecular flexibility index (Phi) is 3.29. The summed E-state index contributed by atoms with van der Waals surface area (Å²) in [5, 5.41) is 0. The monoisotopic (exact) mass is 186 g/mol. The molecule has 0 heterocycles. The molecule has 0 N–H and O–H groups in total. The van der Waals surface area contributed by atoms with Crippen molar-refractivity contribution < 1.29 is 0 Å². The first-order chi connectivity index (χ1) is 6.59. The lowest BCUT2D eigenvalue weighted by molar-refractivity contribution is 0.848. The minimum atomic E-state index is 0.452. The van der Waals surface area contributed by atoms with Gasteiger partial charge in [0.05, 0.1) is 0 Å². The van der Waals surface area contributed by atoms with Gasteiger partial charge < -0.3 is 0 Å². The highest BCUT2D eigenvalue weighted by molar-refractivity contribution is 5.60. The molecule has 1 aliphatic rings. The van der Waals surface area contributed by atoms with Crippen LogP contribution in [0.4, 0.5) is 0 Å². The Balaban J connectivity index is 2.98. The summed E-state index contributed by atoms with van der Waals surface area (Å²) in [4.78, 5) is 0. The minimum absolute atomic E-state index is 0.452. The molecule has 14 heavy (non-hydrogen) atoms. The fourth-order valence-corrected chi connectivity index (χ4v) is 1.66. The highest BCUT2D eigenvalue weighted by Crippen LogP contribution is 2.39. The zero-order valence-electron chi connectivity index (χ0n) is 9.30. The van der Waals surface area contributed by atoms with Crippen LogP contribution in [0.5, 0.6) is 0 Å². The van der Waals surface area contributed by atoms with Crippen LogP contribution in [0, 0.1) is 5.92 Å². The molecule has 0 nitrogen and oxygen atoms in total. The van der Waals surface area contributed by atoms with Gasteiger partial charge in [0.1, 0.15) is 0 Å². The van der Waals surface area contributed by atoms with Gasteiger partial charge in [0.15, 0.2) is 0 Å². The number of allylic oxidation sites excluding steroid dienone is 8. The van der Waals surface area contributed by atoms with Crippen LogP contribution in [0.25, 0.3) is 0 Å². The van der Waals surface area contributed by atoms with Crippen LogP contribution in [-0.4, -0.2) is 0 Å². The molecular weight excluding hydrogens is 168 g/mol. The van der Waals surface area contributed by atoms with Crippen molar-refractivity contribution in [3.8, 4) is 0 Å². The summed E-state index contributed by atoms with van der Waals surface area (Å²) in [5.74, 6) is 0.452. The van der Waals surface area contributed by atoms with Crippen molar-refractivity contribution in [1.82, 2.24) is 0 Å². The second-order valence-corrected chi connectivity index (χ2v) is 3.71. The van der Waals surface area contributed by atoms with Gasteiger partial charge >= 0.3 is 0 Å². The van der Waals surface area contributed by atoms with Gasteiger partial charge in [-0.15, -0.1) is 0 Å². The first kappa shape index (κ1) is 10.8. The van der Waals surface area contributed by atoms with E-state index in [1.807, 2.05) is 19.1 Å². The molecule has 1 aliphatic carbocycles. The van der Waals surface area contributed by atoms with Crippen molar-refractivity contribution in [3.63, 3.8) is 0 Å². The quantitative estimate of drug-likeness (QED) is 0.567. The van der Waals surface area contributed by atoms with Crippen LogP contribution in [0.1, 0.15) is 20.8 Å². The van der Waals surface area contributed by atoms with Crippen molar-refractivity contribution in [2.24, 2.45) is 5.92 Å². The van der Waals surface area contributed by atoms with Gasteiger partial charge in [-0.05, 0) is 30.6 Å².